The van der Waals surface area contributed by atoms with Crippen LogP contribution in [0.4, 0.5) is 0 Å². The quantitative estimate of drug-likeness (QED) is 0.329. The maximum Gasteiger partial charge on any atom is 0.280 e. The summed E-state index contributed by atoms with van der Waals surface area (Å²) >= 11 is 0. The van der Waals surface area contributed by atoms with Crippen molar-refractivity contribution in [3.63, 3.8) is 0 Å². The summed E-state index contributed by atoms with van der Waals surface area (Å²) < 4.78 is 9.98. The second-order valence-corrected chi connectivity index (χ2v) is 4.71. The minimum Gasteiger partial charge on any atom is -0.504 e. The Kier molecular flexibility index (Phi) is 6.47. The van der Waals surface area contributed by atoms with Crippen LogP contribution in [0.25, 0.3) is 0 Å². The van der Waals surface area contributed by atoms with E-state index in [1.165, 1.54) is 38.8 Å². The minimum absolute atomic E-state index is 0.0455. The molecule has 0 radical (unpaired) electrons. The van der Waals surface area contributed by atoms with Crippen LogP contribution in [0, 0.1) is 0 Å². The fourth-order valence-electron chi connectivity index (χ4n) is 1.83. The molecule has 2 rings (SSSR count). The van der Waals surface area contributed by atoms with Gasteiger partial charge in [0, 0.05) is 11.1 Å². The van der Waals surface area contributed by atoms with E-state index in [4.69, 9.17) is 19.1 Å². The van der Waals surface area contributed by atoms with Gasteiger partial charge in [0.05, 0.1) is 26.6 Å². The molecule has 0 bridgehead atoms. The Balaban J connectivity index is 1.77. The van der Waals surface area contributed by atoms with Crippen molar-refractivity contribution in [2.45, 2.75) is 0 Å². The predicted molar refractivity (Wildman–Crippen MR) is 91.5 cm³/mol. The summed E-state index contributed by atoms with van der Waals surface area (Å²) in [4.78, 5) is 9.82. The zero-order chi connectivity index (χ0) is 18.1. The molecule has 0 saturated heterocycles. The molecule has 0 saturated carbocycles. The highest BCUT2D eigenvalue weighted by Gasteiger charge is 2.01. The van der Waals surface area contributed by atoms with Gasteiger partial charge in [0.25, 0.3) is 6.79 Å². The average Bonchev–Trinajstić information content (AvgIpc) is 2.63. The van der Waals surface area contributed by atoms with Gasteiger partial charge in [-0.3, -0.25) is 0 Å². The van der Waals surface area contributed by atoms with Gasteiger partial charge in [0.15, 0.2) is 23.0 Å². The van der Waals surface area contributed by atoms with Crippen LogP contribution in [-0.4, -0.2) is 43.7 Å². The Labute approximate surface area is 144 Å². The molecule has 132 valence electrons. The van der Waals surface area contributed by atoms with E-state index in [-0.39, 0.29) is 18.3 Å². The normalized spacial score (nSPS) is 11.0. The Hall–Kier alpha value is -3.42. The first-order valence-electron chi connectivity index (χ1n) is 7.18. The van der Waals surface area contributed by atoms with Gasteiger partial charge in [0.2, 0.25) is 0 Å². The first kappa shape index (κ1) is 17.9. The Morgan fingerprint density at radius 1 is 0.800 bits per heavy atom. The van der Waals surface area contributed by atoms with E-state index in [2.05, 4.69) is 10.3 Å². The number of rotatable bonds is 8. The monoisotopic (exact) mass is 346 g/mol. The molecule has 0 aliphatic heterocycles. The van der Waals surface area contributed by atoms with Gasteiger partial charge in [-0.2, -0.15) is 0 Å². The van der Waals surface area contributed by atoms with Gasteiger partial charge < -0.3 is 29.4 Å². The molecule has 8 heteroatoms. The summed E-state index contributed by atoms with van der Waals surface area (Å²) in [6.07, 6.45) is 2.89. The van der Waals surface area contributed by atoms with Crippen molar-refractivity contribution >= 4 is 12.4 Å². The van der Waals surface area contributed by atoms with Gasteiger partial charge in [-0.05, 0) is 36.4 Å². The lowest BCUT2D eigenvalue weighted by Gasteiger charge is -2.03. The summed E-state index contributed by atoms with van der Waals surface area (Å²) in [5, 5.41) is 26.4. The Bertz CT molecular complexity index is 697. The number of oxime groups is 2. The van der Waals surface area contributed by atoms with Gasteiger partial charge in [0.1, 0.15) is 0 Å². The molecule has 0 aliphatic rings. The second-order valence-electron chi connectivity index (χ2n) is 4.71. The summed E-state index contributed by atoms with van der Waals surface area (Å²) in [6.45, 7) is -0.183. The molecule has 0 fully saturated rings. The molecule has 2 aromatic rings. The maximum atomic E-state index is 9.49. The molecule has 0 atom stereocenters. The van der Waals surface area contributed by atoms with Crippen molar-refractivity contribution in [1.82, 2.24) is 0 Å². The topological polar surface area (TPSA) is 102 Å². The first-order chi connectivity index (χ1) is 12.1. The molecular weight excluding hydrogens is 328 g/mol. The lowest BCUT2D eigenvalue weighted by molar-refractivity contribution is -0.0493. The number of benzene rings is 2. The van der Waals surface area contributed by atoms with Crippen LogP contribution < -0.4 is 9.47 Å². The standard InChI is InChI=1S/C17H18N2O6/c1-22-16-7-12(3-5-14(16)20)9-18-24-11-25-19-10-13-4-6-15(21)17(8-13)23-2/h3-10,20-21H,11H2,1-2H3/b18-9+,19-10+. The summed E-state index contributed by atoms with van der Waals surface area (Å²) in [7, 11) is 2.92. The van der Waals surface area contributed by atoms with Crippen LogP contribution in [0.2, 0.25) is 0 Å². The van der Waals surface area contributed by atoms with E-state index in [9.17, 15) is 10.2 Å². The summed E-state index contributed by atoms with van der Waals surface area (Å²) in [5.41, 5.74) is 1.38. The number of phenolic OH excluding ortho intramolecular Hbond substituents is 2. The van der Waals surface area contributed by atoms with Crippen molar-refractivity contribution < 1.29 is 29.4 Å². The van der Waals surface area contributed by atoms with Crippen molar-refractivity contribution in [3.05, 3.63) is 47.5 Å². The van der Waals surface area contributed by atoms with Gasteiger partial charge in [-0.1, -0.05) is 10.3 Å². The van der Waals surface area contributed by atoms with E-state index in [1.807, 2.05) is 0 Å². The number of hydrogen-bond donors (Lipinski definition) is 2. The van der Waals surface area contributed by atoms with Crippen molar-refractivity contribution in [3.8, 4) is 23.0 Å². The van der Waals surface area contributed by atoms with Crippen molar-refractivity contribution in [1.29, 1.82) is 0 Å². The second kappa shape index (κ2) is 9.02. The largest absolute Gasteiger partial charge is 0.504 e. The molecule has 0 aromatic heterocycles. The number of methoxy groups -OCH3 is 2. The lowest BCUT2D eigenvalue weighted by Crippen LogP contribution is -1.93. The molecule has 0 spiro atoms. The highest BCUT2D eigenvalue weighted by Crippen LogP contribution is 2.26. The van der Waals surface area contributed by atoms with E-state index < -0.39 is 0 Å². The van der Waals surface area contributed by atoms with E-state index >= 15 is 0 Å². The predicted octanol–water partition coefficient (Wildman–Crippen LogP) is 2.47. The third-order valence-corrected chi connectivity index (χ3v) is 3.07. The van der Waals surface area contributed by atoms with E-state index in [1.54, 1.807) is 24.3 Å². The molecule has 0 unspecified atom stereocenters. The first-order valence-corrected chi connectivity index (χ1v) is 7.18. The summed E-state index contributed by atoms with van der Waals surface area (Å²) in [6, 6.07) is 9.52. The van der Waals surface area contributed by atoms with Crippen LogP contribution in [0.15, 0.2) is 46.7 Å². The van der Waals surface area contributed by atoms with Gasteiger partial charge >= 0.3 is 0 Å². The Morgan fingerprint density at radius 2 is 1.24 bits per heavy atom. The third-order valence-electron chi connectivity index (χ3n) is 3.07. The van der Waals surface area contributed by atoms with Crippen LogP contribution >= 0.6 is 0 Å². The molecule has 8 nitrogen and oxygen atoms in total. The molecule has 0 aliphatic carbocycles. The van der Waals surface area contributed by atoms with Gasteiger partial charge in [-0.15, -0.1) is 0 Å². The number of aromatic hydroxyl groups is 2. The number of phenols is 2. The van der Waals surface area contributed by atoms with Crippen LogP contribution in [0.1, 0.15) is 11.1 Å². The Morgan fingerprint density at radius 3 is 1.64 bits per heavy atom. The van der Waals surface area contributed by atoms with Gasteiger partial charge in [-0.25, -0.2) is 0 Å². The highest BCUT2D eigenvalue weighted by atomic mass is 16.8. The molecule has 25 heavy (non-hydrogen) atoms. The molecule has 0 heterocycles. The molecule has 2 N–H and O–H groups in total. The van der Waals surface area contributed by atoms with Crippen molar-refractivity contribution in [2.24, 2.45) is 10.3 Å². The fourth-order valence-corrected chi connectivity index (χ4v) is 1.83. The fraction of sp³-hybridized carbons (Fsp3) is 0.176. The zero-order valence-electron chi connectivity index (χ0n) is 13.7. The minimum atomic E-state index is -0.183. The molecule has 0 amide bonds. The zero-order valence-corrected chi connectivity index (χ0v) is 13.7. The molecular formula is C17H18N2O6. The number of nitrogens with zero attached hydrogens (tertiary/aromatic N) is 2. The summed E-state index contributed by atoms with van der Waals surface area (Å²) in [5.74, 6) is 0.774. The SMILES string of the molecule is COc1cc(/C=N/OCO/N=C/c2ccc(O)c(OC)c2)ccc1O. The van der Waals surface area contributed by atoms with Crippen LogP contribution in [-0.2, 0) is 9.68 Å². The maximum absolute atomic E-state index is 9.49. The van der Waals surface area contributed by atoms with Crippen molar-refractivity contribution in [2.75, 3.05) is 21.0 Å². The van der Waals surface area contributed by atoms with E-state index in [0.29, 0.717) is 22.6 Å². The molecule has 2 aromatic carbocycles. The smallest absolute Gasteiger partial charge is 0.280 e. The number of ether oxygens (including phenoxy) is 2. The number of hydrogen-bond acceptors (Lipinski definition) is 8. The lowest BCUT2D eigenvalue weighted by atomic mass is 10.2. The third kappa shape index (κ3) is 5.31. The van der Waals surface area contributed by atoms with E-state index in [0.717, 1.165) is 0 Å². The highest BCUT2D eigenvalue weighted by molar-refractivity contribution is 5.81. The van der Waals surface area contributed by atoms with Crippen LogP contribution in [0.5, 0.6) is 23.0 Å². The van der Waals surface area contributed by atoms with Crippen LogP contribution in [0.3, 0.4) is 0 Å². The average molecular weight is 346 g/mol.